The molecule has 1 rings (SSSR count). The predicted octanol–water partition coefficient (Wildman–Crippen LogP) is 3.87. The van der Waals surface area contributed by atoms with E-state index in [9.17, 15) is 5.11 Å². The smallest absolute Gasteiger partial charge is 0.0641 e. The lowest BCUT2D eigenvalue weighted by molar-refractivity contribution is 0.0749. The summed E-state index contributed by atoms with van der Waals surface area (Å²) in [4.78, 5) is 0. The fraction of sp³-hybridized carbons (Fsp3) is 0.500. The van der Waals surface area contributed by atoms with Crippen LogP contribution in [0.25, 0.3) is 0 Å². The maximum atomic E-state index is 9.56. The number of benzene rings is 1. The molecule has 0 aliphatic rings. The molecule has 4 heteroatoms. The van der Waals surface area contributed by atoms with Crippen LogP contribution in [-0.2, 0) is 0 Å². The largest absolute Gasteiger partial charge is 0.390 e. The first-order chi connectivity index (χ1) is 7.29. The Morgan fingerprint density at radius 1 is 1.25 bits per heavy atom. The number of nitrogens with one attached hydrogen (secondary N) is 1. The summed E-state index contributed by atoms with van der Waals surface area (Å²) in [6.45, 7) is 6.12. The first-order valence-corrected chi connectivity index (χ1v) is 5.97. The summed E-state index contributed by atoms with van der Waals surface area (Å²) in [5.74, 6) is 0. The van der Waals surface area contributed by atoms with Gasteiger partial charge >= 0.3 is 0 Å². The minimum Gasteiger partial charge on any atom is -0.390 e. The third-order valence-electron chi connectivity index (χ3n) is 2.30. The summed E-state index contributed by atoms with van der Waals surface area (Å²) in [6.07, 6.45) is 0.648. The first kappa shape index (κ1) is 13.6. The van der Waals surface area contributed by atoms with Gasteiger partial charge in [-0.25, -0.2) is 0 Å². The number of aliphatic hydroxyl groups is 1. The minimum absolute atomic E-state index is 0.648. The zero-order chi connectivity index (χ0) is 12.3. The first-order valence-electron chi connectivity index (χ1n) is 5.21. The molecule has 0 heterocycles. The number of rotatable bonds is 4. The van der Waals surface area contributed by atoms with Gasteiger partial charge in [0.2, 0.25) is 0 Å². The molecule has 2 nitrogen and oxygen atoms in total. The summed E-state index contributed by atoms with van der Waals surface area (Å²) in [7, 11) is 0. The maximum absolute atomic E-state index is 9.56. The van der Waals surface area contributed by atoms with Crippen molar-refractivity contribution in [2.24, 2.45) is 0 Å². The number of anilines is 1. The molecule has 0 aliphatic carbocycles. The molecule has 2 N–H and O–H groups in total. The standard InChI is InChI=1S/C12H17Cl2NO/c1-8-6-10(14)11(7-9(8)13)15-5-4-12(2,3)16/h6-7,15-16H,4-5H2,1-3H3. The van der Waals surface area contributed by atoms with Crippen LogP contribution in [0.4, 0.5) is 5.69 Å². The highest BCUT2D eigenvalue weighted by molar-refractivity contribution is 6.35. The van der Waals surface area contributed by atoms with Gasteiger partial charge in [-0.2, -0.15) is 0 Å². The van der Waals surface area contributed by atoms with Crippen molar-refractivity contribution in [3.8, 4) is 0 Å². The van der Waals surface area contributed by atoms with Crippen molar-refractivity contribution in [1.29, 1.82) is 0 Å². The molecule has 0 aromatic heterocycles. The summed E-state index contributed by atoms with van der Waals surface area (Å²) in [5, 5.41) is 14.1. The molecule has 90 valence electrons. The quantitative estimate of drug-likeness (QED) is 0.863. The van der Waals surface area contributed by atoms with Crippen LogP contribution in [0, 0.1) is 6.92 Å². The number of halogens is 2. The van der Waals surface area contributed by atoms with Crippen LogP contribution in [-0.4, -0.2) is 17.3 Å². The second kappa shape index (κ2) is 5.26. The third kappa shape index (κ3) is 4.20. The van der Waals surface area contributed by atoms with E-state index in [2.05, 4.69) is 5.32 Å². The highest BCUT2D eigenvalue weighted by atomic mass is 35.5. The average Bonchev–Trinajstić information content (AvgIpc) is 2.11. The van der Waals surface area contributed by atoms with Crippen molar-refractivity contribution < 1.29 is 5.11 Å². The molecule has 0 radical (unpaired) electrons. The zero-order valence-electron chi connectivity index (χ0n) is 9.77. The van der Waals surface area contributed by atoms with E-state index in [4.69, 9.17) is 23.2 Å². The van der Waals surface area contributed by atoms with Gasteiger partial charge < -0.3 is 10.4 Å². The molecule has 0 bridgehead atoms. The average molecular weight is 262 g/mol. The van der Waals surface area contributed by atoms with Crippen LogP contribution in [0.1, 0.15) is 25.8 Å². The van der Waals surface area contributed by atoms with Crippen molar-refractivity contribution in [2.75, 3.05) is 11.9 Å². The predicted molar refractivity (Wildman–Crippen MR) is 70.6 cm³/mol. The van der Waals surface area contributed by atoms with Crippen LogP contribution >= 0.6 is 23.2 Å². The van der Waals surface area contributed by atoms with Gasteiger partial charge in [-0.05, 0) is 44.9 Å². The van der Waals surface area contributed by atoms with Gasteiger partial charge in [0.15, 0.2) is 0 Å². The molecule has 0 unspecified atom stereocenters. The lowest BCUT2D eigenvalue weighted by Crippen LogP contribution is -2.22. The van der Waals surface area contributed by atoms with E-state index in [1.54, 1.807) is 13.8 Å². The molecule has 0 spiro atoms. The topological polar surface area (TPSA) is 32.3 Å². The number of hydrogen-bond acceptors (Lipinski definition) is 2. The Balaban J connectivity index is 2.64. The van der Waals surface area contributed by atoms with E-state index in [1.165, 1.54) is 0 Å². The SMILES string of the molecule is Cc1cc(Cl)c(NCCC(C)(C)O)cc1Cl. The third-order valence-corrected chi connectivity index (χ3v) is 3.02. The molecule has 16 heavy (non-hydrogen) atoms. The highest BCUT2D eigenvalue weighted by Gasteiger charge is 2.12. The van der Waals surface area contributed by atoms with Gasteiger partial charge in [0.25, 0.3) is 0 Å². The van der Waals surface area contributed by atoms with Gasteiger partial charge in [0.05, 0.1) is 16.3 Å². The Morgan fingerprint density at radius 3 is 2.44 bits per heavy atom. The zero-order valence-corrected chi connectivity index (χ0v) is 11.3. The second-order valence-electron chi connectivity index (χ2n) is 4.57. The molecular formula is C12H17Cl2NO. The van der Waals surface area contributed by atoms with Crippen LogP contribution < -0.4 is 5.32 Å². The fourth-order valence-corrected chi connectivity index (χ4v) is 1.73. The Bertz CT molecular complexity index is 372. The lowest BCUT2D eigenvalue weighted by atomic mass is 10.1. The molecule has 0 saturated carbocycles. The van der Waals surface area contributed by atoms with E-state index < -0.39 is 5.60 Å². The van der Waals surface area contributed by atoms with E-state index in [-0.39, 0.29) is 0 Å². The Kier molecular flexibility index (Phi) is 4.48. The molecular weight excluding hydrogens is 245 g/mol. The maximum Gasteiger partial charge on any atom is 0.0641 e. The van der Waals surface area contributed by atoms with Gasteiger partial charge in [0.1, 0.15) is 0 Å². The second-order valence-corrected chi connectivity index (χ2v) is 5.38. The lowest BCUT2D eigenvalue weighted by Gasteiger charge is -2.18. The van der Waals surface area contributed by atoms with Gasteiger partial charge in [0, 0.05) is 11.6 Å². The van der Waals surface area contributed by atoms with E-state index in [1.807, 2.05) is 19.1 Å². The van der Waals surface area contributed by atoms with Crippen molar-refractivity contribution in [1.82, 2.24) is 0 Å². The molecule has 1 aromatic rings. The monoisotopic (exact) mass is 261 g/mol. The fourth-order valence-electron chi connectivity index (χ4n) is 1.28. The summed E-state index contributed by atoms with van der Waals surface area (Å²) in [6, 6.07) is 3.64. The van der Waals surface area contributed by atoms with Crippen LogP contribution in [0.3, 0.4) is 0 Å². The van der Waals surface area contributed by atoms with Crippen LogP contribution in [0.2, 0.25) is 10.0 Å². The molecule has 1 aromatic carbocycles. The van der Waals surface area contributed by atoms with E-state index in [0.717, 1.165) is 11.3 Å². The van der Waals surface area contributed by atoms with Gasteiger partial charge in [-0.1, -0.05) is 23.2 Å². The Hall–Kier alpha value is -0.440. The van der Waals surface area contributed by atoms with Crippen molar-refractivity contribution >= 4 is 28.9 Å². The molecule has 0 atom stereocenters. The molecule has 0 aliphatic heterocycles. The van der Waals surface area contributed by atoms with Crippen molar-refractivity contribution in [2.45, 2.75) is 32.8 Å². The normalized spacial score (nSPS) is 11.6. The van der Waals surface area contributed by atoms with Crippen molar-refractivity contribution in [3.05, 3.63) is 27.7 Å². The number of hydrogen-bond donors (Lipinski definition) is 2. The number of aryl methyl sites for hydroxylation is 1. The molecule has 0 saturated heterocycles. The van der Waals surface area contributed by atoms with Gasteiger partial charge in [-0.3, -0.25) is 0 Å². The van der Waals surface area contributed by atoms with Gasteiger partial charge in [-0.15, -0.1) is 0 Å². The van der Waals surface area contributed by atoms with Crippen LogP contribution in [0.15, 0.2) is 12.1 Å². The molecule has 0 amide bonds. The Labute approximate surface area is 107 Å². The van der Waals surface area contributed by atoms with Crippen LogP contribution in [0.5, 0.6) is 0 Å². The molecule has 0 fully saturated rings. The summed E-state index contributed by atoms with van der Waals surface area (Å²) >= 11 is 12.1. The van der Waals surface area contributed by atoms with E-state index in [0.29, 0.717) is 23.0 Å². The Morgan fingerprint density at radius 2 is 1.88 bits per heavy atom. The van der Waals surface area contributed by atoms with E-state index >= 15 is 0 Å². The summed E-state index contributed by atoms with van der Waals surface area (Å²) < 4.78 is 0. The highest BCUT2D eigenvalue weighted by Crippen LogP contribution is 2.28. The van der Waals surface area contributed by atoms with Crippen molar-refractivity contribution in [3.63, 3.8) is 0 Å². The minimum atomic E-state index is -0.673. The summed E-state index contributed by atoms with van der Waals surface area (Å²) in [5.41, 5.74) is 1.09.